The minimum Gasteiger partial charge on any atom is -0.291 e. The van der Waals surface area contributed by atoms with Crippen LogP contribution in [0.25, 0.3) is 0 Å². The van der Waals surface area contributed by atoms with Crippen molar-refractivity contribution in [2.45, 2.75) is 38.3 Å². The van der Waals surface area contributed by atoms with Gasteiger partial charge in [0.15, 0.2) is 11.5 Å². The van der Waals surface area contributed by atoms with Crippen molar-refractivity contribution < 1.29 is 9.18 Å². The van der Waals surface area contributed by atoms with E-state index in [0.29, 0.717) is 12.0 Å². The Bertz CT molecular complexity index is 310. The second-order valence-electron chi connectivity index (χ2n) is 4.18. The molecule has 2 aliphatic carbocycles. The maximum atomic E-state index is 14.4. The van der Waals surface area contributed by atoms with E-state index >= 15 is 0 Å². The van der Waals surface area contributed by atoms with Crippen molar-refractivity contribution in [1.82, 2.24) is 0 Å². The number of hydrogen-bond donors (Lipinski definition) is 0. The highest BCUT2D eigenvalue weighted by atomic mass is 32.2. The molecule has 14 heavy (non-hydrogen) atoms. The van der Waals surface area contributed by atoms with Gasteiger partial charge >= 0.3 is 0 Å². The van der Waals surface area contributed by atoms with Crippen molar-refractivity contribution in [1.29, 1.82) is 0 Å². The molecule has 78 valence electrons. The molecule has 1 fully saturated rings. The quantitative estimate of drug-likeness (QED) is 0.667. The molecule has 0 saturated heterocycles. The van der Waals surface area contributed by atoms with Gasteiger partial charge in [-0.25, -0.2) is 4.39 Å². The number of thioether (sulfide) groups is 1. The topological polar surface area (TPSA) is 17.1 Å². The summed E-state index contributed by atoms with van der Waals surface area (Å²) in [6, 6.07) is 0. The molecular formula is C11H15FOS. The van der Waals surface area contributed by atoms with Crippen LogP contribution < -0.4 is 0 Å². The van der Waals surface area contributed by atoms with Crippen molar-refractivity contribution in [3.05, 3.63) is 10.5 Å². The number of allylic oxidation sites excluding steroid dienone is 2. The fourth-order valence-electron chi connectivity index (χ4n) is 2.72. The van der Waals surface area contributed by atoms with Gasteiger partial charge in [0, 0.05) is 11.5 Å². The third kappa shape index (κ3) is 1.18. The fraction of sp³-hybridized carbons (Fsp3) is 0.727. The molecule has 0 amide bonds. The Morgan fingerprint density at radius 3 is 2.86 bits per heavy atom. The molecule has 0 aliphatic heterocycles. The van der Waals surface area contributed by atoms with Gasteiger partial charge in [-0.15, -0.1) is 11.8 Å². The second-order valence-corrected chi connectivity index (χ2v) is 5.03. The largest absolute Gasteiger partial charge is 0.291 e. The highest BCUT2D eigenvalue weighted by Gasteiger charge is 2.54. The van der Waals surface area contributed by atoms with Gasteiger partial charge in [0.05, 0.1) is 0 Å². The second kappa shape index (κ2) is 3.37. The van der Waals surface area contributed by atoms with E-state index in [1.54, 1.807) is 18.7 Å². The molecular weight excluding hydrogens is 199 g/mol. The summed E-state index contributed by atoms with van der Waals surface area (Å²) in [6.07, 6.45) is 5.12. The van der Waals surface area contributed by atoms with Crippen LogP contribution in [0.1, 0.15) is 32.6 Å². The van der Waals surface area contributed by atoms with Crippen LogP contribution in [0.2, 0.25) is 0 Å². The van der Waals surface area contributed by atoms with E-state index in [4.69, 9.17) is 0 Å². The number of halogens is 1. The molecule has 0 bridgehead atoms. The number of alkyl halides is 1. The third-order valence-electron chi connectivity index (χ3n) is 3.46. The minimum atomic E-state index is -1.54. The molecule has 0 aromatic heterocycles. The summed E-state index contributed by atoms with van der Waals surface area (Å²) in [7, 11) is 0. The van der Waals surface area contributed by atoms with Gasteiger partial charge in [0.25, 0.3) is 0 Å². The van der Waals surface area contributed by atoms with E-state index in [0.717, 1.165) is 24.2 Å². The molecule has 1 saturated carbocycles. The lowest BCUT2D eigenvalue weighted by molar-refractivity contribution is -0.129. The van der Waals surface area contributed by atoms with Gasteiger partial charge in [-0.1, -0.05) is 6.42 Å². The predicted molar refractivity (Wildman–Crippen MR) is 57.0 cm³/mol. The zero-order chi connectivity index (χ0) is 10.3. The lowest BCUT2D eigenvalue weighted by Crippen LogP contribution is -2.39. The number of Topliss-reactive ketones (excluding diaryl/α,β-unsaturated/α-hetero) is 1. The minimum absolute atomic E-state index is 0.126. The van der Waals surface area contributed by atoms with Crippen LogP contribution in [-0.4, -0.2) is 17.7 Å². The summed E-state index contributed by atoms with van der Waals surface area (Å²) in [5.41, 5.74) is -0.868. The van der Waals surface area contributed by atoms with Crippen molar-refractivity contribution in [2.75, 3.05) is 6.26 Å². The summed E-state index contributed by atoms with van der Waals surface area (Å²) in [4.78, 5) is 12.8. The lowest BCUT2D eigenvalue weighted by atomic mass is 9.78. The van der Waals surface area contributed by atoms with Crippen LogP contribution in [0.15, 0.2) is 10.5 Å². The number of fused-ring (bicyclic) bond motifs is 1. The Kier molecular flexibility index (Phi) is 2.46. The highest BCUT2D eigenvalue weighted by Crippen LogP contribution is 2.51. The number of carbonyl (C=O) groups is 1. The predicted octanol–water partition coefficient (Wildman–Crippen LogP) is 3.10. The SMILES string of the molecule is CSC1=C(C)C(=O)[C@]2(F)CCCC[C@H]12. The zero-order valence-corrected chi connectivity index (χ0v) is 9.42. The van der Waals surface area contributed by atoms with E-state index in [1.165, 1.54) is 0 Å². The van der Waals surface area contributed by atoms with Crippen LogP contribution in [0.4, 0.5) is 4.39 Å². The average molecular weight is 214 g/mol. The number of hydrogen-bond acceptors (Lipinski definition) is 2. The number of rotatable bonds is 1. The molecule has 1 nitrogen and oxygen atoms in total. The van der Waals surface area contributed by atoms with Gasteiger partial charge in [0.1, 0.15) is 0 Å². The van der Waals surface area contributed by atoms with E-state index in [9.17, 15) is 9.18 Å². The van der Waals surface area contributed by atoms with E-state index in [2.05, 4.69) is 0 Å². The Labute approximate surface area is 88.1 Å². The van der Waals surface area contributed by atoms with Crippen molar-refractivity contribution in [3.8, 4) is 0 Å². The maximum absolute atomic E-state index is 14.4. The Hall–Kier alpha value is -0.310. The number of ketones is 1. The summed E-state index contributed by atoms with van der Waals surface area (Å²) in [5.74, 6) is -0.370. The molecule has 0 aromatic carbocycles. The Morgan fingerprint density at radius 1 is 1.50 bits per heavy atom. The molecule has 2 aliphatic rings. The average Bonchev–Trinajstić information content (AvgIpc) is 2.38. The van der Waals surface area contributed by atoms with Crippen molar-refractivity contribution >= 4 is 17.5 Å². The zero-order valence-electron chi connectivity index (χ0n) is 8.60. The van der Waals surface area contributed by atoms with Crippen LogP contribution in [0, 0.1) is 5.92 Å². The van der Waals surface area contributed by atoms with Gasteiger partial charge in [-0.3, -0.25) is 4.79 Å². The van der Waals surface area contributed by atoms with Crippen LogP contribution in [-0.2, 0) is 4.79 Å². The van der Waals surface area contributed by atoms with Crippen LogP contribution in [0.5, 0.6) is 0 Å². The van der Waals surface area contributed by atoms with E-state index < -0.39 is 5.67 Å². The first-order valence-electron chi connectivity index (χ1n) is 5.09. The fourth-order valence-corrected chi connectivity index (χ4v) is 3.71. The summed E-state index contributed by atoms with van der Waals surface area (Å²) in [6.45, 7) is 1.77. The number of carbonyl (C=O) groups excluding carboxylic acids is 1. The first-order valence-corrected chi connectivity index (χ1v) is 6.32. The summed E-state index contributed by atoms with van der Waals surface area (Å²) >= 11 is 1.55. The normalized spacial score (nSPS) is 37.6. The monoisotopic (exact) mass is 214 g/mol. The maximum Gasteiger partial charge on any atom is 0.197 e. The first-order chi connectivity index (χ1) is 6.61. The van der Waals surface area contributed by atoms with Crippen molar-refractivity contribution in [2.24, 2.45) is 5.92 Å². The Balaban J connectivity index is 2.40. The molecule has 0 heterocycles. The molecule has 2 atom stereocenters. The Morgan fingerprint density at radius 2 is 2.21 bits per heavy atom. The van der Waals surface area contributed by atoms with Gasteiger partial charge < -0.3 is 0 Å². The van der Waals surface area contributed by atoms with Crippen LogP contribution in [0.3, 0.4) is 0 Å². The van der Waals surface area contributed by atoms with Gasteiger partial charge in [-0.2, -0.15) is 0 Å². The molecule has 0 unspecified atom stereocenters. The molecule has 0 spiro atoms. The lowest BCUT2D eigenvalue weighted by Gasteiger charge is -2.31. The summed E-state index contributed by atoms with van der Waals surface area (Å²) in [5, 5.41) is 0. The molecule has 3 heteroatoms. The molecule has 0 radical (unpaired) electrons. The molecule has 2 rings (SSSR count). The molecule has 0 aromatic rings. The summed E-state index contributed by atoms with van der Waals surface area (Å²) < 4.78 is 14.4. The van der Waals surface area contributed by atoms with Gasteiger partial charge in [-0.05, 0) is 37.3 Å². The van der Waals surface area contributed by atoms with Crippen LogP contribution >= 0.6 is 11.8 Å². The first kappa shape index (κ1) is 10.2. The highest BCUT2D eigenvalue weighted by molar-refractivity contribution is 8.02. The smallest absolute Gasteiger partial charge is 0.197 e. The van der Waals surface area contributed by atoms with Gasteiger partial charge in [0.2, 0.25) is 0 Å². The van der Waals surface area contributed by atoms with Crippen molar-refractivity contribution in [3.63, 3.8) is 0 Å². The van der Waals surface area contributed by atoms with E-state index in [-0.39, 0.29) is 11.7 Å². The third-order valence-corrected chi connectivity index (χ3v) is 4.49. The molecule has 0 N–H and O–H groups in total. The van der Waals surface area contributed by atoms with E-state index in [1.807, 2.05) is 6.26 Å². The standard InChI is InChI=1S/C11H15FOS/c1-7-9(14-2)8-5-3-4-6-11(8,12)10(7)13/h8H,3-6H2,1-2H3/t8-,11+/m1/s1.